The van der Waals surface area contributed by atoms with Crippen molar-refractivity contribution in [3.8, 4) is 22.8 Å². The molecule has 0 radical (unpaired) electrons. The van der Waals surface area contributed by atoms with E-state index < -0.39 is 0 Å². The standard InChI is InChI=1S/C18H11ClN6/c19-15-10-13(21-22-15)16-18-24-23-17(11-6-2-1-3-7-11)25(18)14-9-5-4-8-12(14)20-16/h1-10H,(H,21,22). The summed E-state index contributed by atoms with van der Waals surface area (Å²) in [5.74, 6) is 0.761. The first-order chi connectivity index (χ1) is 12.3. The Bertz CT molecular complexity index is 1210. The van der Waals surface area contributed by atoms with Crippen LogP contribution in [0.1, 0.15) is 0 Å². The van der Waals surface area contributed by atoms with E-state index in [0.717, 1.165) is 22.4 Å². The second-order valence-electron chi connectivity index (χ2n) is 5.60. The number of hydrogen-bond acceptors (Lipinski definition) is 4. The molecular weight excluding hydrogens is 336 g/mol. The fraction of sp³-hybridized carbons (Fsp3) is 0. The van der Waals surface area contributed by atoms with E-state index in [0.29, 0.717) is 22.2 Å². The zero-order chi connectivity index (χ0) is 16.8. The molecule has 0 atom stereocenters. The van der Waals surface area contributed by atoms with Crippen LogP contribution in [0.3, 0.4) is 0 Å². The SMILES string of the molecule is Clc1cc(-c2nc3ccccc3n3c(-c4ccccc4)nnc23)n[nH]1. The third-order valence-corrected chi connectivity index (χ3v) is 4.24. The van der Waals surface area contributed by atoms with E-state index in [1.807, 2.05) is 59.0 Å². The highest BCUT2D eigenvalue weighted by Gasteiger charge is 2.18. The predicted octanol–water partition coefficient (Wildman–Crippen LogP) is 3.99. The molecule has 3 heterocycles. The molecule has 2 aromatic carbocycles. The van der Waals surface area contributed by atoms with Crippen LogP contribution in [0.2, 0.25) is 5.15 Å². The van der Waals surface area contributed by atoms with Crippen molar-refractivity contribution < 1.29 is 0 Å². The van der Waals surface area contributed by atoms with Gasteiger partial charge in [0.1, 0.15) is 16.5 Å². The van der Waals surface area contributed by atoms with Crippen LogP contribution >= 0.6 is 11.6 Å². The van der Waals surface area contributed by atoms with Crippen molar-refractivity contribution in [3.05, 3.63) is 65.8 Å². The molecule has 0 bridgehead atoms. The normalized spacial score (nSPS) is 11.4. The van der Waals surface area contributed by atoms with Crippen molar-refractivity contribution in [1.82, 2.24) is 29.8 Å². The van der Waals surface area contributed by atoms with Gasteiger partial charge in [-0.15, -0.1) is 10.2 Å². The Kier molecular flexibility index (Phi) is 3.05. The maximum atomic E-state index is 5.99. The molecule has 0 fully saturated rings. The highest BCUT2D eigenvalue weighted by Crippen LogP contribution is 2.29. The van der Waals surface area contributed by atoms with Crippen LogP contribution in [0.25, 0.3) is 39.5 Å². The first kappa shape index (κ1) is 14.1. The molecule has 5 rings (SSSR count). The number of halogens is 1. The molecule has 0 spiro atoms. The summed E-state index contributed by atoms with van der Waals surface area (Å²) in [6.45, 7) is 0. The second kappa shape index (κ2) is 5.39. The molecule has 0 saturated carbocycles. The number of H-pyrrole nitrogens is 1. The zero-order valence-electron chi connectivity index (χ0n) is 12.9. The van der Waals surface area contributed by atoms with Gasteiger partial charge in [0.15, 0.2) is 11.5 Å². The van der Waals surface area contributed by atoms with Crippen LogP contribution in [0.5, 0.6) is 0 Å². The smallest absolute Gasteiger partial charge is 0.189 e. The molecule has 0 aliphatic heterocycles. The molecule has 0 amide bonds. The van der Waals surface area contributed by atoms with Gasteiger partial charge in [0, 0.05) is 11.6 Å². The van der Waals surface area contributed by atoms with Crippen LogP contribution in [-0.4, -0.2) is 29.8 Å². The molecule has 0 aliphatic carbocycles. The number of rotatable bonds is 2. The first-order valence-electron chi connectivity index (χ1n) is 7.72. The molecule has 3 aromatic heterocycles. The Morgan fingerprint density at radius 1 is 0.920 bits per heavy atom. The quantitative estimate of drug-likeness (QED) is 0.524. The van der Waals surface area contributed by atoms with E-state index in [1.54, 1.807) is 6.07 Å². The fourth-order valence-electron chi connectivity index (χ4n) is 2.95. The van der Waals surface area contributed by atoms with Gasteiger partial charge in [-0.1, -0.05) is 54.1 Å². The molecular formula is C18H11ClN6. The van der Waals surface area contributed by atoms with E-state index in [-0.39, 0.29) is 0 Å². The van der Waals surface area contributed by atoms with E-state index in [9.17, 15) is 0 Å². The summed E-state index contributed by atoms with van der Waals surface area (Å²) < 4.78 is 2.01. The van der Waals surface area contributed by atoms with Crippen molar-refractivity contribution in [2.75, 3.05) is 0 Å². The minimum absolute atomic E-state index is 0.450. The molecule has 7 heteroatoms. The van der Waals surface area contributed by atoms with Crippen LogP contribution < -0.4 is 0 Å². The summed E-state index contributed by atoms with van der Waals surface area (Å²) in [7, 11) is 0. The highest BCUT2D eigenvalue weighted by molar-refractivity contribution is 6.29. The van der Waals surface area contributed by atoms with Gasteiger partial charge in [0.25, 0.3) is 0 Å². The molecule has 25 heavy (non-hydrogen) atoms. The van der Waals surface area contributed by atoms with Gasteiger partial charge in [-0.05, 0) is 12.1 Å². The molecule has 0 unspecified atom stereocenters. The molecule has 5 aromatic rings. The molecule has 0 saturated heterocycles. The van der Waals surface area contributed by atoms with Crippen LogP contribution in [-0.2, 0) is 0 Å². The summed E-state index contributed by atoms with van der Waals surface area (Å²) in [4.78, 5) is 4.73. The number of hydrogen-bond donors (Lipinski definition) is 1. The van der Waals surface area contributed by atoms with E-state index in [4.69, 9.17) is 16.6 Å². The number of aromatic nitrogens is 6. The van der Waals surface area contributed by atoms with Gasteiger partial charge in [-0.2, -0.15) is 5.10 Å². The highest BCUT2D eigenvalue weighted by atomic mass is 35.5. The Morgan fingerprint density at radius 2 is 1.72 bits per heavy atom. The lowest BCUT2D eigenvalue weighted by atomic mass is 10.2. The second-order valence-corrected chi connectivity index (χ2v) is 6.01. The summed E-state index contributed by atoms with van der Waals surface area (Å²) in [6, 6.07) is 19.6. The topological polar surface area (TPSA) is 71.8 Å². The van der Waals surface area contributed by atoms with Crippen molar-refractivity contribution in [3.63, 3.8) is 0 Å². The van der Waals surface area contributed by atoms with Gasteiger partial charge < -0.3 is 0 Å². The van der Waals surface area contributed by atoms with Crippen LogP contribution in [0.15, 0.2) is 60.7 Å². The van der Waals surface area contributed by atoms with Crippen molar-refractivity contribution >= 4 is 28.3 Å². The number of fused-ring (bicyclic) bond motifs is 3. The number of nitrogens with zero attached hydrogens (tertiary/aromatic N) is 5. The average molecular weight is 347 g/mol. The Balaban J connectivity index is 1.92. The number of aromatic amines is 1. The largest absolute Gasteiger partial charge is 0.271 e. The average Bonchev–Trinajstić information content (AvgIpc) is 3.28. The van der Waals surface area contributed by atoms with Gasteiger partial charge in [0.2, 0.25) is 0 Å². The van der Waals surface area contributed by atoms with Crippen molar-refractivity contribution in [2.24, 2.45) is 0 Å². The lowest BCUT2D eigenvalue weighted by molar-refractivity contribution is 1.08. The molecule has 6 nitrogen and oxygen atoms in total. The Hall–Kier alpha value is -3.25. The Labute approximate surface area is 147 Å². The molecule has 0 aliphatic rings. The molecule has 120 valence electrons. The van der Waals surface area contributed by atoms with Gasteiger partial charge >= 0.3 is 0 Å². The number of para-hydroxylation sites is 2. The summed E-state index contributed by atoms with van der Waals surface area (Å²) in [5, 5.41) is 16.2. The minimum atomic E-state index is 0.450. The number of benzene rings is 2. The lowest BCUT2D eigenvalue weighted by Crippen LogP contribution is -1.98. The van der Waals surface area contributed by atoms with E-state index >= 15 is 0 Å². The molecule has 1 N–H and O–H groups in total. The Morgan fingerprint density at radius 3 is 2.52 bits per heavy atom. The van der Waals surface area contributed by atoms with Gasteiger partial charge in [-0.25, -0.2) is 4.98 Å². The monoisotopic (exact) mass is 346 g/mol. The van der Waals surface area contributed by atoms with E-state index in [1.165, 1.54) is 0 Å². The number of nitrogens with one attached hydrogen (secondary N) is 1. The third kappa shape index (κ3) is 2.19. The van der Waals surface area contributed by atoms with Crippen molar-refractivity contribution in [1.29, 1.82) is 0 Å². The van der Waals surface area contributed by atoms with Gasteiger partial charge in [-0.3, -0.25) is 9.50 Å². The minimum Gasteiger partial charge on any atom is -0.271 e. The fourth-order valence-corrected chi connectivity index (χ4v) is 3.10. The maximum Gasteiger partial charge on any atom is 0.189 e. The van der Waals surface area contributed by atoms with Crippen LogP contribution in [0.4, 0.5) is 0 Å². The summed E-state index contributed by atoms with van der Waals surface area (Å²) in [5.41, 5.74) is 4.66. The first-order valence-corrected chi connectivity index (χ1v) is 8.09. The lowest BCUT2D eigenvalue weighted by Gasteiger charge is -2.07. The van der Waals surface area contributed by atoms with Crippen LogP contribution in [0, 0.1) is 0 Å². The van der Waals surface area contributed by atoms with E-state index in [2.05, 4.69) is 20.4 Å². The van der Waals surface area contributed by atoms with Gasteiger partial charge in [0.05, 0.1) is 11.0 Å². The summed E-state index contributed by atoms with van der Waals surface area (Å²) >= 11 is 5.99. The maximum absolute atomic E-state index is 5.99. The zero-order valence-corrected chi connectivity index (χ0v) is 13.6. The third-order valence-electron chi connectivity index (χ3n) is 4.05. The predicted molar refractivity (Wildman–Crippen MR) is 96.3 cm³/mol. The summed E-state index contributed by atoms with van der Waals surface area (Å²) in [6.07, 6.45) is 0. The van der Waals surface area contributed by atoms with Crippen molar-refractivity contribution in [2.45, 2.75) is 0 Å².